The van der Waals surface area contributed by atoms with Crippen molar-refractivity contribution in [3.8, 4) is 0 Å². The molecule has 1 heterocycles. The van der Waals surface area contributed by atoms with E-state index in [2.05, 4.69) is 19.2 Å². The molecule has 1 rings (SSSR count). The maximum atomic E-state index is 11.9. The zero-order valence-corrected chi connectivity index (χ0v) is 14.9. The summed E-state index contributed by atoms with van der Waals surface area (Å²) >= 11 is 0. The minimum absolute atomic E-state index is 0.168. The van der Waals surface area contributed by atoms with Crippen molar-refractivity contribution in [2.24, 2.45) is 17.8 Å². The number of Topliss-reactive ketones (excluding diaryl/α,β-unsaturated/α-hetero) is 1. The number of nitrogens with zero attached hydrogens (tertiary/aromatic N) is 1. The quantitative estimate of drug-likeness (QED) is 0.597. The molecule has 22 heavy (non-hydrogen) atoms. The highest BCUT2D eigenvalue weighted by molar-refractivity contribution is 5.80. The highest BCUT2D eigenvalue weighted by atomic mass is 16.2. The molecule has 128 valence electrons. The molecule has 1 N–H and O–H groups in total. The van der Waals surface area contributed by atoms with Crippen molar-refractivity contribution in [3.05, 3.63) is 0 Å². The molecule has 0 saturated carbocycles. The van der Waals surface area contributed by atoms with E-state index in [9.17, 15) is 9.59 Å². The molecule has 1 saturated heterocycles. The molecule has 0 unspecified atom stereocenters. The maximum Gasteiger partial charge on any atom is 0.223 e. The second kappa shape index (κ2) is 9.98. The van der Waals surface area contributed by atoms with E-state index in [0.717, 1.165) is 45.4 Å². The normalized spacial score (nSPS) is 15.5. The fourth-order valence-electron chi connectivity index (χ4n) is 2.63. The number of ketones is 1. The van der Waals surface area contributed by atoms with Gasteiger partial charge in [0, 0.05) is 38.4 Å². The average Bonchev–Trinajstić information content (AvgIpc) is 2.39. The molecule has 0 aromatic heterocycles. The number of hydrogen-bond acceptors (Lipinski definition) is 3. The van der Waals surface area contributed by atoms with Gasteiger partial charge in [0.25, 0.3) is 0 Å². The number of likely N-dealkylation sites (tertiary alicyclic amines) is 1. The van der Waals surface area contributed by atoms with Gasteiger partial charge < -0.3 is 10.2 Å². The van der Waals surface area contributed by atoms with Gasteiger partial charge >= 0.3 is 0 Å². The Morgan fingerprint density at radius 3 is 2.27 bits per heavy atom. The van der Waals surface area contributed by atoms with Crippen molar-refractivity contribution in [3.63, 3.8) is 0 Å². The summed E-state index contributed by atoms with van der Waals surface area (Å²) in [7, 11) is 0. The SMILES string of the molecule is CC(C)C(=O)CCCCCNCCC(=O)N1CC(C(C)C)C1. The molecule has 0 aromatic rings. The van der Waals surface area contributed by atoms with Crippen LogP contribution in [0.4, 0.5) is 0 Å². The molecule has 0 spiro atoms. The Morgan fingerprint density at radius 2 is 1.68 bits per heavy atom. The number of carbonyl (C=O) groups excluding carboxylic acids is 2. The summed E-state index contributed by atoms with van der Waals surface area (Å²) in [6.07, 6.45) is 4.47. The van der Waals surface area contributed by atoms with Crippen LogP contribution in [0.5, 0.6) is 0 Å². The molecule has 1 aliphatic heterocycles. The zero-order valence-electron chi connectivity index (χ0n) is 14.9. The third-order valence-corrected chi connectivity index (χ3v) is 4.64. The van der Waals surface area contributed by atoms with Gasteiger partial charge in [-0.15, -0.1) is 0 Å². The van der Waals surface area contributed by atoms with Gasteiger partial charge in [-0.3, -0.25) is 9.59 Å². The predicted octanol–water partition coefficient (Wildman–Crippen LogP) is 2.87. The van der Waals surface area contributed by atoms with Crippen molar-refractivity contribution in [2.45, 2.75) is 59.8 Å². The molecular formula is C18H34N2O2. The van der Waals surface area contributed by atoms with Crippen molar-refractivity contribution in [1.82, 2.24) is 10.2 Å². The van der Waals surface area contributed by atoms with Crippen LogP contribution >= 0.6 is 0 Å². The van der Waals surface area contributed by atoms with Crippen LogP contribution in [0.1, 0.15) is 59.8 Å². The van der Waals surface area contributed by atoms with Crippen LogP contribution in [0, 0.1) is 17.8 Å². The lowest BCUT2D eigenvalue weighted by molar-refractivity contribution is -0.138. The molecule has 0 radical (unpaired) electrons. The van der Waals surface area contributed by atoms with E-state index in [1.165, 1.54) is 0 Å². The predicted molar refractivity (Wildman–Crippen MR) is 90.7 cm³/mol. The first-order chi connectivity index (χ1) is 10.4. The van der Waals surface area contributed by atoms with Crippen molar-refractivity contribution < 1.29 is 9.59 Å². The first-order valence-corrected chi connectivity index (χ1v) is 8.93. The molecule has 0 atom stereocenters. The Balaban J connectivity index is 1.90. The number of unbranched alkanes of at least 4 members (excludes halogenated alkanes) is 2. The van der Waals surface area contributed by atoms with E-state index in [4.69, 9.17) is 0 Å². The van der Waals surface area contributed by atoms with Crippen molar-refractivity contribution in [1.29, 1.82) is 0 Å². The molecule has 1 amide bonds. The summed E-state index contributed by atoms with van der Waals surface area (Å²) in [5, 5.41) is 3.33. The lowest BCUT2D eigenvalue weighted by atomic mass is 9.88. The van der Waals surface area contributed by atoms with E-state index in [0.29, 0.717) is 30.5 Å². The Labute approximate surface area is 136 Å². The molecule has 4 heteroatoms. The van der Waals surface area contributed by atoms with Gasteiger partial charge in [0.2, 0.25) is 5.91 Å². The molecule has 1 aliphatic rings. The molecule has 0 aromatic carbocycles. The summed E-state index contributed by atoms with van der Waals surface area (Å²) in [6, 6.07) is 0. The number of amides is 1. The van der Waals surface area contributed by atoms with Gasteiger partial charge in [-0.2, -0.15) is 0 Å². The van der Waals surface area contributed by atoms with Crippen LogP contribution in [0.15, 0.2) is 0 Å². The highest BCUT2D eigenvalue weighted by Crippen LogP contribution is 2.23. The Hall–Kier alpha value is -0.900. The number of carbonyl (C=O) groups is 2. The summed E-state index contributed by atoms with van der Waals surface area (Å²) in [4.78, 5) is 25.4. The molecule has 0 bridgehead atoms. The second-order valence-corrected chi connectivity index (χ2v) is 7.23. The van der Waals surface area contributed by atoms with E-state index in [1.54, 1.807) is 0 Å². The number of hydrogen-bond donors (Lipinski definition) is 1. The summed E-state index contributed by atoms with van der Waals surface area (Å²) in [5.74, 6) is 2.20. The van der Waals surface area contributed by atoms with Crippen molar-refractivity contribution >= 4 is 11.7 Å². The van der Waals surface area contributed by atoms with E-state index in [1.807, 2.05) is 18.7 Å². The smallest absolute Gasteiger partial charge is 0.223 e. The van der Waals surface area contributed by atoms with E-state index in [-0.39, 0.29) is 11.8 Å². The third-order valence-electron chi connectivity index (χ3n) is 4.64. The van der Waals surface area contributed by atoms with E-state index < -0.39 is 0 Å². The molecular weight excluding hydrogens is 276 g/mol. The number of nitrogens with one attached hydrogen (secondary N) is 1. The highest BCUT2D eigenvalue weighted by Gasteiger charge is 2.31. The second-order valence-electron chi connectivity index (χ2n) is 7.23. The van der Waals surface area contributed by atoms with Gasteiger partial charge in [-0.05, 0) is 31.2 Å². The lowest BCUT2D eigenvalue weighted by Gasteiger charge is -2.41. The molecule has 4 nitrogen and oxygen atoms in total. The van der Waals surface area contributed by atoms with Crippen LogP contribution in [-0.2, 0) is 9.59 Å². The van der Waals surface area contributed by atoms with Gasteiger partial charge in [0.1, 0.15) is 5.78 Å². The van der Waals surface area contributed by atoms with Crippen LogP contribution in [0.2, 0.25) is 0 Å². The minimum atomic E-state index is 0.168. The van der Waals surface area contributed by atoms with E-state index >= 15 is 0 Å². The van der Waals surface area contributed by atoms with Crippen molar-refractivity contribution in [2.75, 3.05) is 26.2 Å². The van der Waals surface area contributed by atoms with Gasteiger partial charge in [0.15, 0.2) is 0 Å². The van der Waals surface area contributed by atoms with Crippen LogP contribution in [0.25, 0.3) is 0 Å². The topological polar surface area (TPSA) is 49.4 Å². The average molecular weight is 310 g/mol. The van der Waals surface area contributed by atoms with Gasteiger partial charge in [-0.25, -0.2) is 0 Å². The van der Waals surface area contributed by atoms with Gasteiger partial charge in [0.05, 0.1) is 0 Å². The lowest BCUT2D eigenvalue weighted by Crippen LogP contribution is -2.52. The molecule has 0 aliphatic carbocycles. The third kappa shape index (κ3) is 6.91. The Morgan fingerprint density at radius 1 is 1.00 bits per heavy atom. The molecule has 1 fully saturated rings. The first-order valence-electron chi connectivity index (χ1n) is 8.93. The Bertz CT molecular complexity index is 347. The first kappa shape index (κ1) is 19.1. The van der Waals surface area contributed by atoms with Crippen LogP contribution in [0.3, 0.4) is 0 Å². The Kier molecular flexibility index (Phi) is 8.69. The largest absolute Gasteiger partial charge is 0.342 e. The van der Waals surface area contributed by atoms with Crippen LogP contribution < -0.4 is 5.32 Å². The number of rotatable bonds is 11. The fraction of sp³-hybridized carbons (Fsp3) is 0.889. The summed E-state index contributed by atoms with van der Waals surface area (Å²) in [6.45, 7) is 12.0. The van der Waals surface area contributed by atoms with Gasteiger partial charge in [-0.1, -0.05) is 34.1 Å². The fourth-order valence-corrected chi connectivity index (χ4v) is 2.63. The summed E-state index contributed by atoms with van der Waals surface area (Å²) < 4.78 is 0. The zero-order chi connectivity index (χ0) is 16.5. The maximum absolute atomic E-state index is 11.9. The standard InChI is InChI=1S/C18H34N2O2/c1-14(2)16-12-20(13-16)18(22)9-11-19-10-7-5-6-8-17(21)15(3)4/h14-16,19H,5-13H2,1-4H3. The monoisotopic (exact) mass is 310 g/mol. The minimum Gasteiger partial charge on any atom is -0.342 e. The van der Waals surface area contributed by atoms with Crippen LogP contribution in [-0.4, -0.2) is 42.8 Å². The summed E-state index contributed by atoms with van der Waals surface area (Å²) in [5.41, 5.74) is 0.